The fourth-order valence-electron chi connectivity index (χ4n) is 3.27. The van der Waals surface area contributed by atoms with Gasteiger partial charge < -0.3 is 5.32 Å². The molecule has 2 heterocycles. The average Bonchev–Trinajstić information content (AvgIpc) is 2.75. The van der Waals surface area contributed by atoms with Crippen molar-refractivity contribution in [3.8, 4) is 0 Å². The molecule has 0 radical (unpaired) electrons. The van der Waals surface area contributed by atoms with E-state index in [0.29, 0.717) is 5.92 Å². The maximum atomic E-state index is 4.63. The van der Waals surface area contributed by atoms with Crippen LogP contribution in [0.25, 0.3) is 10.9 Å². The Bertz CT molecular complexity index is 538. The quantitative estimate of drug-likeness (QED) is 0.879. The smallest absolute Gasteiger partial charge is 0.0926 e. The predicted octanol–water partition coefficient (Wildman–Crippen LogP) is 2.68. The van der Waals surface area contributed by atoms with Crippen molar-refractivity contribution in [3.05, 3.63) is 30.0 Å². The zero-order valence-corrected chi connectivity index (χ0v) is 11.2. The van der Waals surface area contributed by atoms with E-state index in [9.17, 15) is 0 Å². The molecule has 0 aliphatic carbocycles. The minimum absolute atomic E-state index is 0.588. The van der Waals surface area contributed by atoms with Crippen LogP contribution in [0.15, 0.2) is 24.3 Å². The van der Waals surface area contributed by atoms with E-state index in [1.807, 2.05) is 0 Å². The largest absolute Gasteiger partial charge is 0.317 e. The lowest BCUT2D eigenvalue weighted by molar-refractivity contribution is 0.323. The van der Waals surface area contributed by atoms with Crippen molar-refractivity contribution in [2.45, 2.75) is 25.7 Å². The van der Waals surface area contributed by atoms with Gasteiger partial charge in [0.05, 0.1) is 5.52 Å². The van der Waals surface area contributed by atoms with Gasteiger partial charge in [-0.15, -0.1) is 0 Å². The van der Waals surface area contributed by atoms with Crippen molar-refractivity contribution in [3.63, 3.8) is 0 Å². The van der Waals surface area contributed by atoms with Crippen LogP contribution in [-0.4, -0.2) is 22.9 Å². The van der Waals surface area contributed by atoms with Crippen LogP contribution in [0.1, 0.15) is 31.4 Å². The number of piperidine rings is 1. The first-order valence-electron chi connectivity index (χ1n) is 6.89. The van der Waals surface area contributed by atoms with Crippen LogP contribution in [0.5, 0.6) is 0 Å². The molecule has 0 spiro atoms. The van der Waals surface area contributed by atoms with Crippen LogP contribution in [0.3, 0.4) is 0 Å². The molecule has 3 rings (SSSR count). The molecule has 1 unspecified atom stereocenters. The molecule has 96 valence electrons. The van der Waals surface area contributed by atoms with Crippen LogP contribution in [0, 0.1) is 5.92 Å². The van der Waals surface area contributed by atoms with E-state index in [4.69, 9.17) is 0 Å². The van der Waals surface area contributed by atoms with E-state index in [1.165, 1.54) is 23.9 Å². The molecule has 1 N–H and O–H groups in total. The molecule has 1 saturated heterocycles. The molecule has 18 heavy (non-hydrogen) atoms. The fourth-order valence-corrected chi connectivity index (χ4v) is 3.27. The number of aromatic nitrogens is 2. The van der Waals surface area contributed by atoms with Gasteiger partial charge in [0, 0.05) is 24.0 Å². The first kappa shape index (κ1) is 11.7. The van der Waals surface area contributed by atoms with Gasteiger partial charge in [-0.25, -0.2) is 0 Å². The summed E-state index contributed by atoms with van der Waals surface area (Å²) in [6.45, 7) is 4.68. The van der Waals surface area contributed by atoms with Crippen molar-refractivity contribution >= 4 is 10.9 Å². The molecule has 1 aliphatic rings. The number of benzene rings is 1. The molecule has 3 heteroatoms. The molecule has 1 aliphatic heterocycles. The van der Waals surface area contributed by atoms with Crippen LogP contribution in [0.2, 0.25) is 0 Å². The topological polar surface area (TPSA) is 29.9 Å². The second-order valence-electron chi connectivity index (χ2n) is 5.40. The van der Waals surface area contributed by atoms with Crippen molar-refractivity contribution in [1.82, 2.24) is 15.1 Å². The van der Waals surface area contributed by atoms with Gasteiger partial charge in [0.2, 0.25) is 0 Å². The van der Waals surface area contributed by atoms with Crippen molar-refractivity contribution in [2.24, 2.45) is 13.0 Å². The molecule has 0 bridgehead atoms. The Morgan fingerprint density at radius 3 is 2.78 bits per heavy atom. The Morgan fingerprint density at radius 1 is 1.28 bits per heavy atom. The Morgan fingerprint density at radius 2 is 2.00 bits per heavy atom. The van der Waals surface area contributed by atoms with E-state index >= 15 is 0 Å². The molecule has 3 nitrogen and oxygen atoms in total. The minimum Gasteiger partial charge on any atom is -0.317 e. The SMILES string of the molecule is CC(c1c2ccccc2nn1C)C1CCNCC1. The Hall–Kier alpha value is -1.35. The standard InChI is InChI=1S/C15H21N3/c1-11(12-7-9-16-10-8-12)15-13-5-3-4-6-14(13)17-18(15)2/h3-6,11-12,16H,7-10H2,1-2H3. The van der Waals surface area contributed by atoms with Gasteiger partial charge in [0.25, 0.3) is 0 Å². The van der Waals surface area contributed by atoms with Gasteiger partial charge in [-0.3, -0.25) is 4.68 Å². The summed E-state index contributed by atoms with van der Waals surface area (Å²) in [7, 11) is 2.08. The third-order valence-corrected chi connectivity index (χ3v) is 4.31. The number of fused-ring (bicyclic) bond motifs is 1. The zero-order valence-electron chi connectivity index (χ0n) is 11.2. The highest BCUT2D eigenvalue weighted by molar-refractivity contribution is 5.82. The molecule has 2 aromatic rings. The van der Waals surface area contributed by atoms with Gasteiger partial charge in [-0.2, -0.15) is 5.10 Å². The molecular formula is C15H21N3. The number of aryl methyl sites for hydroxylation is 1. The summed E-state index contributed by atoms with van der Waals surface area (Å²) in [5.41, 5.74) is 2.52. The molecule has 1 fully saturated rings. The Labute approximate surface area is 108 Å². The van der Waals surface area contributed by atoms with Crippen LogP contribution < -0.4 is 5.32 Å². The second-order valence-corrected chi connectivity index (χ2v) is 5.40. The fraction of sp³-hybridized carbons (Fsp3) is 0.533. The van der Waals surface area contributed by atoms with Crippen molar-refractivity contribution < 1.29 is 0 Å². The molecule has 1 atom stereocenters. The summed E-state index contributed by atoms with van der Waals surface area (Å²) in [5.74, 6) is 1.37. The highest BCUT2D eigenvalue weighted by atomic mass is 15.3. The molecule has 1 aromatic heterocycles. The third kappa shape index (κ3) is 1.93. The number of nitrogens with one attached hydrogen (secondary N) is 1. The molecular weight excluding hydrogens is 222 g/mol. The van der Waals surface area contributed by atoms with Crippen molar-refractivity contribution in [2.75, 3.05) is 13.1 Å². The maximum absolute atomic E-state index is 4.63. The normalized spacial score (nSPS) is 19.2. The summed E-state index contributed by atoms with van der Waals surface area (Å²) >= 11 is 0. The van der Waals surface area contributed by atoms with Crippen LogP contribution in [-0.2, 0) is 7.05 Å². The van der Waals surface area contributed by atoms with E-state index in [0.717, 1.165) is 24.5 Å². The van der Waals surface area contributed by atoms with Gasteiger partial charge in [0.1, 0.15) is 0 Å². The second kappa shape index (κ2) is 4.73. The summed E-state index contributed by atoms with van der Waals surface area (Å²) in [5, 5.41) is 9.40. The number of nitrogens with zero attached hydrogens (tertiary/aromatic N) is 2. The van der Waals surface area contributed by atoms with E-state index in [2.05, 4.69) is 53.3 Å². The summed E-state index contributed by atoms with van der Waals surface area (Å²) in [6.07, 6.45) is 2.56. The van der Waals surface area contributed by atoms with Gasteiger partial charge in [0.15, 0.2) is 0 Å². The lowest BCUT2D eigenvalue weighted by Crippen LogP contribution is -2.30. The first-order valence-corrected chi connectivity index (χ1v) is 6.89. The lowest BCUT2D eigenvalue weighted by Gasteiger charge is -2.28. The maximum Gasteiger partial charge on any atom is 0.0926 e. The van der Waals surface area contributed by atoms with Gasteiger partial charge in [-0.1, -0.05) is 25.1 Å². The van der Waals surface area contributed by atoms with E-state index in [1.54, 1.807) is 0 Å². The average molecular weight is 243 g/mol. The Balaban J connectivity index is 1.99. The third-order valence-electron chi connectivity index (χ3n) is 4.31. The summed E-state index contributed by atoms with van der Waals surface area (Å²) < 4.78 is 2.08. The monoisotopic (exact) mass is 243 g/mol. The van der Waals surface area contributed by atoms with Crippen molar-refractivity contribution in [1.29, 1.82) is 0 Å². The van der Waals surface area contributed by atoms with E-state index < -0.39 is 0 Å². The van der Waals surface area contributed by atoms with Crippen LogP contribution in [0.4, 0.5) is 0 Å². The molecule has 0 saturated carbocycles. The number of rotatable bonds is 2. The highest BCUT2D eigenvalue weighted by Crippen LogP contribution is 2.34. The predicted molar refractivity (Wildman–Crippen MR) is 74.7 cm³/mol. The number of hydrogen-bond donors (Lipinski definition) is 1. The summed E-state index contributed by atoms with van der Waals surface area (Å²) in [4.78, 5) is 0. The highest BCUT2D eigenvalue weighted by Gasteiger charge is 2.25. The zero-order chi connectivity index (χ0) is 12.5. The van der Waals surface area contributed by atoms with Crippen LogP contribution >= 0.6 is 0 Å². The number of hydrogen-bond acceptors (Lipinski definition) is 2. The first-order chi connectivity index (χ1) is 8.77. The van der Waals surface area contributed by atoms with Gasteiger partial charge >= 0.3 is 0 Å². The molecule has 0 amide bonds. The van der Waals surface area contributed by atoms with E-state index in [-0.39, 0.29) is 0 Å². The van der Waals surface area contributed by atoms with Gasteiger partial charge in [-0.05, 0) is 37.9 Å². The lowest BCUT2D eigenvalue weighted by atomic mass is 9.83. The molecule has 1 aromatic carbocycles. The minimum atomic E-state index is 0.588. The Kier molecular flexibility index (Phi) is 3.08. The summed E-state index contributed by atoms with van der Waals surface area (Å²) in [6, 6.07) is 8.49.